The van der Waals surface area contributed by atoms with Gasteiger partial charge in [-0.05, 0) is 43.2 Å². The van der Waals surface area contributed by atoms with Crippen molar-refractivity contribution in [3.63, 3.8) is 0 Å². The van der Waals surface area contributed by atoms with Gasteiger partial charge in [0.15, 0.2) is 11.5 Å². The highest BCUT2D eigenvalue weighted by molar-refractivity contribution is 6.33. The molecule has 3 rings (SSSR count). The molecule has 0 radical (unpaired) electrons. The van der Waals surface area contributed by atoms with E-state index >= 15 is 0 Å². The minimum atomic E-state index is 0.640. The summed E-state index contributed by atoms with van der Waals surface area (Å²) in [5.41, 5.74) is 1.95. The third-order valence-corrected chi connectivity index (χ3v) is 4.47. The standard InChI is InChI=1S/C21H23ClN4O2/c1-14-24-20(13-21(25-14)26-17-7-5-4-6-16(17)22)23-11-10-15-8-9-18(27-2)19(12-15)28-3/h4-9,12-13H,10-11H2,1-3H3,(H2,23,24,25,26). The number of anilines is 3. The van der Waals surface area contributed by atoms with Crippen molar-refractivity contribution < 1.29 is 9.47 Å². The molecule has 1 heterocycles. The lowest BCUT2D eigenvalue weighted by Gasteiger charge is -2.12. The highest BCUT2D eigenvalue weighted by atomic mass is 35.5. The molecule has 0 bridgehead atoms. The first-order valence-electron chi connectivity index (χ1n) is 8.91. The molecule has 0 atom stereocenters. The number of methoxy groups -OCH3 is 2. The van der Waals surface area contributed by atoms with Crippen LogP contribution < -0.4 is 20.1 Å². The number of nitrogens with zero attached hydrogens (tertiary/aromatic N) is 2. The van der Waals surface area contributed by atoms with Crippen LogP contribution in [-0.2, 0) is 6.42 Å². The number of ether oxygens (including phenoxy) is 2. The SMILES string of the molecule is COc1ccc(CCNc2cc(Nc3ccccc3Cl)nc(C)n2)cc1OC. The minimum Gasteiger partial charge on any atom is -0.493 e. The highest BCUT2D eigenvalue weighted by Gasteiger charge is 2.07. The summed E-state index contributed by atoms with van der Waals surface area (Å²) in [4.78, 5) is 8.88. The van der Waals surface area contributed by atoms with Crippen molar-refractivity contribution in [1.29, 1.82) is 0 Å². The largest absolute Gasteiger partial charge is 0.493 e. The Bertz CT molecular complexity index is 949. The van der Waals surface area contributed by atoms with Crippen LogP contribution >= 0.6 is 11.6 Å². The number of halogens is 1. The van der Waals surface area contributed by atoms with E-state index in [1.807, 2.05) is 55.5 Å². The van der Waals surface area contributed by atoms with Crippen molar-refractivity contribution in [2.75, 3.05) is 31.4 Å². The normalized spacial score (nSPS) is 10.4. The number of nitrogens with one attached hydrogen (secondary N) is 2. The number of hydrogen-bond donors (Lipinski definition) is 2. The van der Waals surface area contributed by atoms with E-state index in [9.17, 15) is 0 Å². The zero-order chi connectivity index (χ0) is 19.9. The molecule has 0 saturated carbocycles. The van der Waals surface area contributed by atoms with E-state index in [1.165, 1.54) is 0 Å². The van der Waals surface area contributed by atoms with Crippen molar-refractivity contribution in [1.82, 2.24) is 9.97 Å². The molecule has 0 aliphatic carbocycles. The van der Waals surface area contributed by atoms with Crippen LogP contribution in [0.1, 0.15) is 11.4 Å². The summed E-state index contributed by atoms with van der Waals surface area (Å²) >= 11 is 6.21. The van der Waals surface area contributed by atoms with E-state index in [4.69, 9.17) is 21.1 Å². The molecule has 2 aromatic carbocycles. The van der Waals surface area contributed by atoms with Gasteiger partial charge in [-0.3, -0.25) is 0 Å². The number of hydrogen-bond acceptors (Lipinski definition) is 6. The second-order valence-corrected chi connectivity index (χ2v) is 6.56. The zero-order valence-electron chi connectivity index (χ0n) is 16.1. The number of rotatable bonds is 8. The van der Waals surface area contributed by atoms with E-state index < -0.39 is 0 Å². The molecule has 1 aromatic heterocycles. The van der Waals surface area contributed by atoms with E-state index in [2.05, 4.69) is 20.6 Å². The lowest BCUT2D eigenvalue weighted by molar-refractivity contribution is 0.354. The summed E-state index contributed by atoms with van der Waals surface area (Å²) in [5, 5.41) is 7.22. The predicted octanol–water partition coefficient (Wildman–Crippen LogP) is 4.85. The van der Waals surface area contributed by atoms with Crippen LogP contribution in [0.15, 0.2) is 48.5 Å². The maximum atomic E-state index is 6.21. The van der Waals surface area contributed by atoms with Crippen molar-refractivity contribution in [3.05, 3.63) is 64.9 Å². The molecule has 0 spiro atoms. The Labute approximate surface area is 169 Å². The Balaban J connectivity index is 1.65. The fourth-order valence-electron chi connectivity index (χ4n) is 2.79. The van der Waals surface area contributed by atoms with Gasteiger partial charge in [-0.2, -0.15) is 0 Å². The second kappa shape index (κ2) is 9.28. The minimum absolute atomic E-state index is 0.640. The van der Waals surface area contributed by atoms with Crippen LogP contribution in [0.25, 0.3) is 0 Å². The number of para-hydroxylation sites is 1. The first-order valence-corrected chi connectivity index (χ1v) is 9.29. The first-order chi connectivity index (χ1) is 13.6. The molecule has 146 valence electrons. The van der Waals surface area contributed by atoms with Gasteiger partial charge in [-0.25, -0.2) is 9.97 Å². The molecular formula is C21H23ClN4O2. The summed E-state index contributed by atoms with van der Waals surface area (Å²) in [5.74, 6) is 3.56. The van der Waals surface area contributed by atoms with Gasteiger partial charge in [-0.1, -0.05) is 29.8 Å². The number of benzene rings is 2. The summed E-state index contributed by atoms with van der Waals surface area (Å²) < 4.78 is 10.6. The van der Waals surface area contributed by atoms with Crippen LogP contribution in [0.3, 0.4) is 0 Å². The van der Waals surface area contributed by atoms with Crippen LogP contribution in [0.5, 0.6) is 11.5 Å². The van der Waals surface area contributed by atoms with Crippen molar-refractivity contribution in [2.24, 2.45) is 0 Å². The highest BCUT2D eigenvalue weighted by Crippen LogP contribution is 2.28. The quantitative estimate of drug-likeness (QED) is 0.565. The maximum Gasteiger partial charge on any atom is 0.160 e. The Morgan fingerprint density at radius 2 is 1.68 bits per heavy atom. The van der Waals surface area contributed by atoms with Crippen LogP contribution in [0, 0.1) is 6.92 Å². The average molecular weight is 399 g/mol. The van der Waals surface area contributed by atoms with Gasteiger partial charge in [0.05, 0.1) is 24.9 Å². The monoisotopic (exact) mass is 398 g/mol. The molecule has 2 N–H and O–H groups in total. The maximum absolute atomic E-state index is 6.21. The van der Waals surface area contributed by atoms with Gasteiger partial charge >= 0.3 is 0 Å². The molecule has 7 heteroatoms. The van der Waals surface area contributed by atoms with Crippen molar-refractivity contribution in [2.45, 2.75) is 13.3 Å². The lowest BCUT2D eigenvalue weighted by Crippen LogP contribution is -2.08. The Morgan fingerprint density at radius 1 is 0.929 bits per heavy atom. The molecule has 0 aliphatic heterocycles. The molecule has 0 amide bonds. The number of aryl methyl sites for hydroxylation is 1. The van der Waals surface area contributed by atoms with Gasteiger partial charge in [0.2, 0.25) is 0 Å². The fraction of sp³-hybridized carbons (Fsp3) is 0.238. The molecule has 28 heavy (non-hydrogen) atoms. The van der Waals surface area contributed by atoms with Crippen molar-refractivity contribution >= 4 is 28.9 Å². The third kappa shape index (κ3) is 5.04. The van der Waals surface area contributed by atoms with E-state index in [0.29, 0.717) is 16.7 Å². The van der Waals surface area contributed by atoms with Gasteiger partial charge in [0.25, 0.3) is 0 Å². The van der Waals surface area contributed by atoms with Gasteiger partial charge in [0.1, 0.15) is 17.5 Å². The average Bonchev–Trinajstić information content (AvgIpc) is 2.69. The Kier molecular flexibility index (Phi) is 6.55. The van der Waals surface area contributed by atoms with Crippen LogP contribution in [0.4, 0.5) is 17.3 Å². The molecule has 0 fully saturated rings. The first kappa shape index (κ1) is 19.8. The summed E-state index contributed by atoms with van der Waals surface area (Å²) in [6.45, 7) is 2.58. The molecular weight excluding hydrogens is 376 g/mol. The molecule has 3 aromatic rings. The molecule has 0 unspecified atom stereocenters. The van der Waals surface area contributed by atoms with Crippen molar-refractivity contribution in [3.8, 4) is 11.5 Å². The smallest absolute Gasteiger partial charge is 0.160 e. The zero-order valence-corrected chi connectivity index (χ0v) is 16.9. The lowest BCUT2D eigenvalue weighted by atomic mass is 10.1. The van der Waals surface area contributed by atoms with E-state index in [0.717, 1.165) is 41.5 Å². The molecule has 0 saturated heterocycles. The van der Waals surface area contributed by atoms with Gasteiger partial charge in [-0.15, -0.1) is 0 Å². The summed E-state index contributed by atoms with van der Waals surface area (Å²) in [7, 11) is 3.27. The molecule has 6 nitrogen and oxygen atoms in total. The summed E-state index contributed by atoms with van der Waals surface area (Å²) in [6, 6.07) is 15.3. The fourth-order valence-corrected chi connectivity index (χ4v) is 2.98. The predicted molar refractivity (Wildman–Crippen MR) is 113 cm³/mol. The van der Waals surface area contributed by atoms with Gasteiger partial charge in [0, 0.05) is 12.6 Å². The third-order valence-electron chi connectivity index (χ3n) is 4.14. The molecule has 0 aliphatic rings. The topological polar surface area (TPSA) is 68.3 Å². The second-order valence-electron chi connectivity index (χ2n) is 6.16. The van der Waals surface area contributed by atoms with Crippen LogP contribution in [0.2, 0.25) is 5.02 Å². The summed E-state index contributed by atoms with van der Waals surface area (Å²) in [6.07, 6.45) is 0.816. The Hall–Kier alpha value is -2.99. The van der Waals surface area contributed by atoms with Gasteiger partial charge < -0.3 is 20.1 Å². The van der Waals surface area contributed by atoms with E-state index in [1.54, 1.807) is 14.2 Å². The van der Waals surface area contributed by atoms with Crippen LogP contribution in [-0.4, -0.2) is 30.7 Å². The number of aromatic nitrogens is 2. The Morgan fingerprint density at radius 3 is 2.43 bits per heavy atom. The van der Waals surface area contributed by atoms with E-state index in [-0.39, 0.29) is 0 Å².